The average molecular weight is 184 g/mol. The van der Waals surface area contributed by atoms with Crippen LogP contribution in [-0.4, -0.2) is 9.97 Å². The smallest absolute Gasteiger partial charge is 0.103 e. The Hall–Kier alpha value is -0.790. The fourth-order valence-electron chi connectivity index (χ4n) is 6.61. The minimum Gasteiger partial charge on any atom is -0.346 e. The van der Waals surface area contributed by atoms with Gasteiger partial charge in [-0.15, -0.1) is 0 Å². The van der Waals surface area contributed by atoms with Crippen molar-refractivity contribution in [2.75, 3.05) is 0 Å². The van der Waals surface area contributed by atoms with Crippen molar-refractivity contribution >= 4 is 0 Å². The van der Waals surface area contributed by atoms with E-state index in [1.807, 2.05) is 0 Å². The molecule has 0 atom stereocenters. The maximum atomic E-state index is 4.38. The minimum atomic E-state index is 0.663. The van der Waals surface area contributed by atoms with Crippen molar-refractivity contribution in [1.29, 1.82) is 0 Å². The van der Waals surface area contributed by atoms with Gasteiger partial charge in [-0.05, 0) is 48.3 Å². The van der Waals surface area contributed by atoms with Crippen LogP contribution in [0.3, 0.4) is 0 Å². The van der Waals surface area contributed by atoms with Gasteiger partial charge in [-0.3, -0.25) is 0 Å². The molecule has 1 aromatic rings. The fraction of sp³-hybridized carbons (Fsp3) is 0.750. The molecule has 0 saturated heterocycles. The molecule has 70 valence electrons. The molecule has 0 spiro atoms. The topological polar surface area (TPSA) is 28.7 Å². The summed E-state index contributed by atoms with van der Waals surface area (Å²) < 4.78 is 0. The van der Waals surface area contributed by atoms with E-state index in [0.717, 1.165) is 23.6 Å². The van der Waals surface area contributed by atoms with Crippen LogP contribution in [-0.2, 0) is 5.41 Å². The van der Waals surface area contributed by atoms with Gasteiger partial charge in [0.15, 0.2) is 0 Å². The standard InChI is InChI=1S/C12H12N2/c1-3-13-2-4(14-3)12-9-6-5-7(9)11(12)8(5)10(6)12/h2,5-11H,1H3,(H,13,14). The molecule has 6 aliphatic carbocycles. The Kier molecular flexibility index (Phi) is 0.525. The summed E-state index contributed by atoms with van der Waals surface area (Å²) in [6, 6.07) is 0. The lowest BCUT2D eigenvalue weighted by Crippen LogP contribution is -3.07. The molecule has 1 heterocycles. The largest absolute Gasteiger partial charge is 0.346 e. The third kappa shape index (κ3) is 0.251. The lowest BCUT2D eigenvalue weighted by Gasteiger charge is -3.07. The third-order valence-corrected chi connectivity index (χ3v) is 6.65. The van der Waals surface area contributed by atoms with Crippen LogP contribution in [0.25, 0.3) is 0 Å². The predicted molar refractivity (Wildman–Crippen MR) is 49.4 cm³/mol. The Morgan fingerprint density at radius 2 is 1.79 bits per heavy atom. The highest BCUT2D eigenvalue weighted by molar-refractivity contribution is 5.57. The van der Waals surface area contributed by atoms with Gasteiger partial charge in [-0.2, -0.15) is 0 Å². The second-order valence-electron chi connectivity index (χ2n) is 6.20. The molecular weight excluding hydrogens is 172 g/mol. The SMILES string of the molecule is Cc1ncc(C23C4C5C6C4C2C6C53)[nH]1. The van der Waals surface area contributed by atoms with E-state index < -0.39 is 0 Å². The lowest BCUT2D eigenvalue weighted by molar-refractivity contribution is -0.582. The van der Waals surface area contributed by atoms with Gasteiger partial charge in [0.25, 0.3) is 0 Å². The summed E-state index contributed by atoms with van der Waals surface area (Å²) in [5.74, 6) is 9.18. The second kappa shape index (κ2) is 1.24. The van der Waals surface area contributed by atoms with E-state index in [4.69, 9.17) is 0 Å². The maximum absolute atomic E-state index is 4.38. The molecule has 14 heavy (non-hydrogen) atoms. The number of rotatable bonds is 1. The summed E-state index contributed by atoms with van der Waals surface area (Å²) in [5, 5.41) is 0. The highest BCUT2D eigenvalue weighted by atomic mass is 15.1. The van der Waals surface area contributed by atoms with Gasteiger partial charge >= 0.3 is 0 Å². The number of aromatic amines is 1. The van der Waals surface area contributed by atoms with Crippen LogP contribution < -0.4 is 0 Å². The van der Waals surface area contributed by atoms with Gasteiger partial charge in [-0.1, -0.05) is 0 Å². The van der Waals surface area contributed by atoms with Gasteiger partial charge in [0.05, 0.1) is 0 Å². The molecule has 2 heteroatoms. The number of nitrogens with zero attached hydrogens (tertiary/aromatic N) is 1. The molecular formula is C12H12N2. The predicted octanol–water partition coefficient (Wildman–Crippen LogP) is 1.34. The summed E-state index contributed by atoms with van der Waals surface area (Å²) in [6.07, 6.45) is 2.12. The first-order chi connectivity index (χ1) is 6.87. The van der Waals surface area contributed by atoms with Gasteiger partial charge in [0.1, 0.15) is 5.82 Å². The normalized spacial score (nSPS) is 72.2. The Morgan fingerprint density at radius 3 is 2.29 bits per heavy atom. The zero-order valence-electron chi connectivity index (χ0n) is 8.07. The van der Waals surface area contributed by atoms with Gasteiger partial charge < -0.3 is 4.98 Å². The molecule has 6 aliphatic rings. The first kappa shape index (κ1) is 5.94. The van der Waals surface area contributed by atoms with E-state index in [9.17, 15) is 0 Å². The summed E-state index contributed by atoms with van der Waals surface area (Å²) in [5.41, 5.74) is 2.16. The average Bonchev–Trinajstić information content (AvgIpc) is 2.65. The Bertz CT molecular complexity index is 449. The number of imidazole rings is 1. The first-order valence-corrected chi connectivity index (χ1v) is 5.89. The fourth-order valence-corrected chi connectivity index (χ4v) is 6.61. The Balaban J connectivity index is 1.60. The van der Waals surface area contributed by atoms with Gasteiger partial charge in [0.2, 0.25) is 0 Å². The molecule has 0 aromatic carbocycles. The molecule has 6 saturated carbocycles. The van der Waals surface area contributed by atoms with Gasteiger partial charge in [-0.25, -0.2) is 4.98 Å². The molecule has 7 rings (SSSR count). The molecule has 0 aliphatic heterocycles. The summed E-state index contributed by atoms with van der Waals surface area (Å²) in [7, 11) is 0. The molecule has 2 nitrogen and oxygen atoms in total. The van der Waals surface area contributed by atoms with Crippen molar-refractivity contribution in [3.8, 4) is 0 Å². The van der Waals surface area contributed by atoms with Crippen molar-refractivity contribution < 1.29 is 0 Å². The lowest BCUT2D eigenvalue weighted by atomic mass is 8.96. The highest BCUT2D eigenvalue weighted by Gasteiger charge is 3.04. The number of aryl methyl sites for hydroxylation is 1. The van der Waals surface area contributed by atoms with Crippen LogP contribution in [0.1, 0.15) is 11.5 Å². The van der Waals surface area contributed by atoms with Crippen molar-refractivity contribution in [2.45, 2.75) is 12.3 Å². The Morgan fingerprint density at radius 1 is 1.14 bits per heavy atom. The molecule has 0 unspecified atom stereocenters. The molecule has 1 aromatic heterocycles. The number of aromatic nitrogens is 2. The summed E-state index contributed by atoms with van der Waals surface area (Å²) >= 11 is 0. The van der Waals surface area contributed by atoms with Gasteiger partial charge in [0, 0.05) is 17.3 Å². The summed E-state index contributed by atoms with van der Waals surface area (Å²) in [6.45, 7) is 2.07. The number of nitrogens with one attached hydrogen (secondary N) is 1. The zero-order valence-corrected chi connectivity index (χ0v) is 8.07. The van der Waals surface area contributed by atoms with E-state index in [1.54, 1.807) is 0 Å². The highest BCUT2D eigenvalue weighted by Crippen LogP contribution is 3.05. The van der Waals surface area contributed by atoms with Crippen LogP contribution in [0, 0.1) is 48.3 Å². The van der Waals surface area contributed by atoms with Crippen LogP contribution >= 0.6 is 0 Å². The van der Waals surface area contributed by atoms with Crippen LogP contribution in [0.5, 0.6) is 0 Å². The van der Waals surface area contributed by atoms with E-state index in [-0.39, 0.29) is 0 Å². The second-order valence-corrected chi connectivity index (χ2v) is 6.20. The van der Waals surface area contributed by atoms with E-state index in [1.165, 1.54) is 29.4 Å². The van der Waals surface area contributed by atoms with Crippen LogP contribution in [0.4, 0.5) is 0 Å². The van der Waals surface area contributed by atoms with Crippen molar-refractivity contribution in [1.82, 2.24) is 9.97 Å². The minimum absolute atomic E-state index is 0.663. The molecule has 0 bridgehead atoms. The van der Waals surface area contributed by atoms with E-state index >= 15 is 0 Å². The maximum Gasteiger partial charge on any atom is 0.103 e. The third-order valence-electron chi connectivity index (χ3n) is 6.65. The van der Waals surface area contributed by atoms with E-state index in [2.05, 4.69) is 23.1 Å². The first-order valence-electron chi connectivity index (χ1n) is 5.89. The zero-order chi connectivity index (χ0) is 8.82. The monoisotopic (exact) mass is 184 g/mol. The van der Waals surface area contributed by atoms with E-state index in [0.29, 0.717) is 5.41 Å². The molecule has 1 N–H and O–H groups in total. The molecule has 6 fully saturated rings. The van der Waals surface area contributed by atoms with Crippen LogP contribution in [0.2, 0.25) is 0 Å². The number of hydrogen-bond donors (Lipinski definition) is 1. The molecule has 0 radical (unpaired) electrons. The quantitative estimate of drug-likeness (QED) is 0.701. The number of H-pyrrole nitrogens is 1. The Labute approximate surface area is 82.1 Å². The summed E-state index contributed by atoms with van der Waals surface area (Å²) in [4.78, 5) is 7.88. The van der Waals surface area contributed by atoms with Crippen molar-refractivity contribution in [3.63, 3.8) is 0 Å². The van der Waals surface area contributed by atoms with Crippen molar-refractivity contribution in [2.24, 2.45) is 41.4 Å². The van der Waals surface area contributed by atoms with Crippen molar-refractivity contribution in [3.05, 3.63) is 17.7 Å². The number of hydrogen-bond acceptors (Lipinski definition) is 1. The molecule has 0 amide bonds. The van der Waals surface area contributed by atoms with Crippen LogP contribution in [0.15, 0.2) is 6.20 Å².